The van der Waals surface area contributed by atoms with Crippen LogP contribution < -0.4 is 8.45 Å². The van der Waals surface area contributed by atoms with E-state index in [-0.39, 0.29) is 6.29 Å². The molecule has 1 atom stereocenters. The summed E-state index contributed by atoms with van der Waals surface area (Å²) >= 11 is -0.567. The van der Waals surface area contributed by atoms with Crippen molar-refractivity contribution in [3.05, 3.63) is 18.3 Å². The molecule has 0 spiro atoms. The molecule has 1 unspecified atom stereocenters. The van der Waals surface area contributed by atoms with Crippen molar-refractivity contribution in [2.24, 2.45) is 0 Å². The van der Waals surface area contributed by atoms with Gasteiger partial charge in [-0.3, -0.25) is 0 Å². The van der Waals surface area contributed by atoms with Gasteiger partial charge in [0, 0.05) is 0 Å². The van der Waals surface area contributed by atoms with E-state index in [1.54, 1.807) is 0 Å². The quantitative estimate of drug-likeness (QED) is 0.534. The SMILES string of the molecule is C[CH](C)[Sn][c]1cc(OCCOC2CCCCO2)ccn1. The van der Waals surface area contributed by atoms with E-state index in [0.717, 1.165) is 29.1 Å². The van der Waals surface area contributed by atoms with E-state index >= 15 is 0 Å². The summed E-state index contributed by atoms with van der Waals surface area (Å²) in [6.45, 7) is 6.49. The van der Waals surface area contributed by atoms with E-state index in [4.69, 9.17) is 14.2 Å². The van der Waals surface area contributed by atoms with E-state index in [1.165, 1.54) is 10.1 Å². The van der Waals surface area contributed by atoms with E-state index in [9.17, 15) is 0 Å². The molecule has 5 heteroatoms. The third-order valence-corrected chi connectivity index (χ3v) is 6.23. The Bertz CT molecular complexity index is 394. The van der Waals surface area contributed by atoms with Gasteiger partial charge in [-0.2, -0.15) is 0 Å². The zero-order chi connectivity index (χ0) is 14.2. The Kier molecular flexibility index (Phi) is 7.10. The molecule has 2 rings (SSSR count). The molecule has 4 nitrogen and oxygen atoms in total. The van der Waals surface area contributed by atoms with Gasteiger partial charge >= 0.3 is 131 Å². The maximum atomic E-state index is 5.73. The van der Waals surface area contributed by atoms with Crippen LogP contribution in [0.25, 0.3) is 0 Å². The summed E-state index contributed by atoms with van der Waals surface area (Å²) in [5, 5.41) is 0. The molecule has 1 saturated heterocycles. The van der Waals surface area contributed by atoms with Crippen LogP contribution in [-0.2, 0) is 9.47 Å². The second kappa shape index (κ2) is 8.85. The van der Waals surface area contributed by atoms with Crippen molar-refractivity contribution >= 4 is 24.9 Å². The maximum absolute atomic E-state index is 5.73. The standard InChI is InChI=1S/C12H16NO3.C3H7.Sn/c1-2-8-15-12(3-1)16-10-9-14-11-4-6-13-7-5-11;1-3-2;/h4-6,12H,1-3,8-10H2;3H,1-2H3;. The molecule has 0 bridgehead atoms. The summed E-state index contributed by atoms with van der Waals surface area (Å²) in [6.07, 6.45) is 5.16. The average Bonchev–Trinajstić information content (AvgIpc) is 2.44. The number of aromatic nitrogens is 1. The molecular weight excluding hydrogens is 361 g/mol. The molecule has 0 amide bonds. The van der Waals surface area contributed by atoms with Crippen molar-refractivity contribution in [3.63, 3.8) is 0 Å². The average molecular weight is 384 g/mol. The van der Waals surface area contributed by atoms with Gasteiger partial charge in [0.15, 0.2) is 0 Å². The van der Waals surface area contributed by atoms with E-state index in [0.29, 0.717) is 13.2 Å². The fourth-order valence-corrected chi connectivity index (χ4v) is 4.81. The first-order valence-corrected chi connectivity index (χ1v) is 10.4. The molecule has 0 aliphatic carbocycles. The molecular formula is C15H23NO3Sn. The molecule has 1 aliphatic heterocycles. The number of nitrogens with zero attached hydrogens (tertiary/aromatic N) is 1. The Morgan fingerprint density at radius 2 is 2.30 bits per heavy atom. The van der Waals surface area contributed by atoms with Crippen LogP contribution in [0.15, 0.2) is 18.3 Å². The molecule has 20 heavy (non-hydrogen) atoms. The summed E-state index contributed by atoms with van der Waals surface area (Å²) in [5.41, 5.74) is 0. The molecule has 0 saturated carbocycles. The van der Waals surface area contributed by atoms with Crippen molar-refractivity contribution in [2.75, 3.05) is 19.8 Å². The van der Waals surface area contributed by atoms with Crippen molar-refractivity contribution < 1.29 is 14.2 Å². The van der Waals surface area contributed by atoms with Crippen LogP contribution in [0.1, 0.15) is 33.1 Å². The first-order valence-electron chi connectivity index (χ1n) is 7.32. The second-order valence-corrected chi connectivity index (χ2v) is 10.8. The second-order valence-electron chi connectivity index (χ2n) is 5.19. The van der Waals surface area contributed by atoms with Crippen molar-refractivity contribution in [2.45, 2.75) is 43.3 Å². The van der Waals surface area contributed by atoms with E-state index in [1.807, 2.05) is 12.3 Å². The van der Waals surface area contributed by atoms with E-state index < -0.39 is 21.1 Å². The Morgan fingerprint density at radius 1 is 1.40 bits per heavy atom. The van der Waals surface area contributed by atoms with E-state index in [2.05, 4.69) is 24.9 Å². The molecule has 110 valence electrons. The summed E-state index contributed by atoms with van der Waals surface area (Å²) in [5.74, 6) is 0.907. The minimum absolute atomic E-state index is 0.0321. The van der Waals surface area contributed by atoms with Gasteiger partial charge < -0.3 is 0 Å². The fourth-order valence-electron chi connectivity index (χ4n) is 2.06. The molecule has 1 aromatic rings. The first kappa shape index (κ1) is 16.0. The van der Waals surface area contributed by atoms with Gasteiger partial charge in [0.2, 0.25) is 0 Å². The summed E-state index contributed by atoms with van der Waals surface area (Å²) in [7, 11) is 0. The summed E-state index contributed by atoms with van der Waals surface area (Å²) in [4.78, 5) is 4.43. The van der Waals surface area contributed by atoms with Gasteiger partial charge in [-0.1, -0.05) is 0 Å². The van der Waals surface area contributed by atoms with Gasteiger partial charge in [0.25, 0.3) is 0 Å². The zero-order valence-corrected chi connectivity index (χ0v) is 15.2. The predicted molar refractivity (Wildman–Crippen MR) is 79.8 cm³/mol. The van der Waals surface area contributed by atoms with Gasteiger partial charge in [0.1, 0.15) is 0 Å². The van der Waals surface area contributed by atoms with Gasteiger partial charge in [-0.05, 0) is 0 Å². The summed E-state index contributed by atoms with van der Waals surface area (Å²) in [6, 6.07) is 4.00. The minimum atomic E-state index is -0.567. The molecule has 1 fully saturated rings. The molecule has 0 N–H and O–H groups in total. The number of pyridine rings is 1. The Morgan fingerprint density at radius 3 is 3.05 bits per heavy atom. The third-order valence-electron chi connectivity index (χ3n) is 2.96. The Balaban J connectivity index is 1.68. The topological polar surface area (TPSA) is 40.6 Å². The van der Waals surface area contributed by atoms with Crippen LogP contribution in [0.5, 0.6) is 5.75 Å². The van der Waals surface area contributed by atoms with Gasteiger partial charge in [-0.15, -0.1) is 0 Å². The van der Waals surface area contributed by atoms with Gasteiger partial charge in [0.05, 0.1) is 0 Å². The molecule has 2 heterocycles. The van der Waals surface area contributed by atoms with Crippen LogP contribution in [-0.4, -0.2) is 52.2 Å². The zero-order valence-electron chi connectivity index (χ0n) is 12.3. The Labute approximate surface area is 131 Å². The van der Waals surface area contributed by atoms with Crippen LogP contribution >= 0.6 is 0 Å². The monoisotopic (exact) mass is 385 g/mol. The molecule has 1 aromatic heterocycles. The Hall–Kier alpha value is -0.331. The number of rotatable bonds is 7. The first-order chi connectivity index (χ1) is 9.74. The normalized spacial score (nSPS) is 19.2. The van der Waals surface area contributed by atoms with Crippen LogP contribution in [0.2, 0.25) is 3.93 Å². The summed E-state index contributed by atoms with van der Waals surface area (Å²) < 4.78 is 18.9. The van der Waals surface area contributed by atoms with Crippen molar-refractivity contribution in [1.82, 2.24) is 4.98 Å². The number of hydrogen-bond acceptors (Lipinski definition) is 4. The van der Waals surface area contributed by atoms with Gasteiger partial charge in [-0.25, -0.2) is 0 Å². The number of hydrogen-bond donors (Lipinski definition) is 0. The number of ether oxygens (including phenoxy) is 3. The van der Waals surface area contributed by atoms with Crippen LogP contribution in [0.4, 0.5) is 0 Å². The molecule has 2 radical (unpaired) electrons. The third kappa shape index (κ3) is 5.97. The predicted octanol–water partition coefficient (Wildman–Crippen LogP) is 2.16. The van der Waals surface area contributed by atoms with Crippen molar-refractivity contribution in [1.29, 1.82) is 0 Å². The van der Waals surface area contributed by atoms with Crippen LogP contribution in [0.3, 0.4) is 0 Å². The molecule has 1 aliphatic rings. The van der Waals surface area contributed by atoms with Crippen LogP contribution in [0, 0.1) is 0 Å². The van der Waals surface area contributed by atoms with Crippen molar-refractivity contribution in [3.8, 4) is 5.75 Å². The molecule has 0 aromatic carbocycles. The fraction of sp³-hybridized carbons (Fsp3) is 0.667.